The minimum absolute atomic E-state index is 0.0516. The van der Waals surface area contributed by atoms with Crippen LogP contribution in [0.5, 0.6) is 0 Å². The van der Waals surface area contributed by atoms with Crippen LogP contribution in [0.2, 0.25) is 0 Å². The van der Waals surface area contributed by atoms with Gasteiger partial charge in [0.05, 0.1) is 45.4 Å². The Bertz CT molecular complexity index is 1090. The standard InChI is InChI=1S/C40H73N5O11/c1-4-36(47)41-21-22-42-38(49)31-55-29-28-54-26-24-44-39(50)32-56-30-27-53-25-23-43-37(48)20-19-35(40(51)52)45-33(2)17-15-13-11-9-7-5-6-8-10-12-14-16-18-34(3)46/h35,45-46H,2-32H2,1H3,(H,41,47)(H,42,49)(H,43,48)(H,44,50)(H,51,52)/t35-/m0/s1. The van der Waals surface area contributed by atoms with Crippen LogP contribution in [0.25, 0.3) is 0 Å². The fourth-order valence-electron chi connectivity index (χ4n) is 5.30. The molecule has 0 aromatic carbocycles. The molecular formula is C40H73N5O11. The van der Waals surface area contributed by atoms with Gasteiger partial charge < -0.3 is 55.7 Å². The minimum Gasteiger partial charge on any atom is -0.513 e. The number of aliphatic carboxylic acids is 1. The number of hydrogen-bond acceptors (Lipinski definition) is 11. The van der Waals surface area contributed by atoms with E-state index in [0.717, 1.165) is 32.1 Å². The first kappa shape index (κ1) is 52.3. The summed E-state index contributed by atoms with van der Waals surface area (Å²) in [6.45, 7) is 11.6. The number of hydrogen-bond donors (Lipinski definition) is 7. The van der Waals surface area contributed by atoms with Crippen molar-refractivity contribution in [1.29, 1.82) is 0 Å². The third-order valence-corrected chi connectivity index (χ3v) is 8.47. The van der Waals surface area contributed by atoms with Crippen LogP contribution in [0.4, 0.5) is 0 Å². The predicted molar refractivity (Wildman–Crippen MR) is 215 cm³/mol. The number of carboxylic acid groups (broad SMARTS) is 1. The van der Waals surface area contributed by atoms with Gasteiger partial charge in [0.25, 0.3) is 0 Å². The van der Waals surface area contributed by atoms with Gasteiger partial charge in [0.15, 0.2) is 0 Å². The topological polar surface area (TPSA) is 223 Å². The molecule has 0 aliphatic rings. The number of unbranched alkanes of at least 4 members (excludes halogenated alkanes) is 11. The van der Waals surface area contributed by atoms with Crippen molar-refractivity contribution in [3.63, 3.8) is 0 Å². The lowest BCUT2D eigenvalue weighted by atomic mass is 10.0. The van der Waals surface area contributed by atoms with Gasteiger partial charge in [-0.25, -0.2) is 4.79 Å². The summed E-state index contributed by atoms with van der Waals surface area (Å²) in [5, 5.41) is 32.3. The van der Waals surface area contributed by atoms with Crippen molar-refractivity contribution in [2.24, 2.45) is 0 Å². The highest BCUT2D eigenvalue weighted by Gasteiger charge is 2.19. The van der Waals surface area contributed by atoms with E-state index in [1.165, 1.54) is 44.9 Å². The number of aliphatic hydroxyl groups is 1. The van der Waals surface area contributed by atoms with E-state index in [1.54, 1.807) is 6.92 Å². The van der Waals surface area contributed by atoms with Gasteiger partial charge >= 0.3 is 5.97 Å². The molecule has 0 aliphatic carbocycles. The molecule has 0 unspecified atom stereocenters. The third-order valence-electron chi connectivity index (χ3n) is 8.47. The van der Waals surface area contributed by atoms with Gasteiger partial charge in [-0.3, -0.25) is 19.2 Å². The normalized spacial score (nSPS) is 11.4. The van der Waals surface area contributed by atoms with Crippen LogP contribution in [-0.4, -0.2) is 125 Å². The Balaban J connectivity index is 3.66. The Hall–Kier alpha value is -3.73. The average molecular weight is 800 g/mol. The summed E-state index contributed by atoms with van der Waals surface area (Å²) in [5.74, 6) is -1.67. The summed E-state index contributed by atoms with van der Waals surface area (Å²) in [4.78, 5) is 58.6. The van der Waals surface area contributed by atoms with Crippen molar-refractivity contribution >= 4 is 29.6 Å². The molecule has 0 spiro atoms. The highest BCUT2D eigenvalue weighted by molar-refractivity contribution is 5.79. The third kappa shape index (κ3) is 37.2. The molecule has 56 heavy (non-hydrogen) atoms. The van der Waals surface area contributed by atoms with Crippen molar-refractivity contribution < 1.29 is 53.1 Å². The van der Waals surface area contributed by atoms with Crippen molar-refractivity contribution in [3.05, 3.63) is 24.6 Å². The Morgan fingerprint density at radius 3 is 1.38 bits per heavy atom. The van der Waals surface area contributed by atoms with Crippen LogP contribution in [0.15, 0.2) is 24.6 Å². The zero-order chi connectivity index (χ0) is 41.5. The second-order valence-electron chi connectivity index (χ2n) is 13.6. The number of aliphatic hydroxyl groups excluding tert-OH is 1. The lowest BCUT2D eigenvalue weighted by Crippen LogP contribution is -2.37. The van der Waals surface area contributed by atoms with Crippen LogP contribution >= 0.6 is 0 Å². The zero-order valence-electron chi connectivity index (χ0n) is 34.1. The lowest BCUT2D eigenvalue weighted by Gasteiger charge is -2.17. The van der Waals surface area contributed by atoms with Gasteiger partial charge in [0.1, 0.15) is 19.3 Å². The first-order valence-corrected chi connectivity index (χ1v) is 20.5. The maximum atomic E-state index is 12.2. The van der Waals surface area contributed by atoms with Crippen LogP contribution in [0, 0.1) is 0 Å². The molecule has 0 aromatic heterocycles. The Kier molecular flexibility index (Phi) is 35.6. The number of amides is 4. The summed E-state index contributed by atoms with van der Waals surface area (Å²) in [6, 6.07) is -0.883. The number of carboxylic acids is 1. The van der Waals surface area contributed by atoms with E-state index in [2.05, 4.69) is 39.7 Å². The fraction of sp³-hybridized carbons (Fsp3) is 0.775. The van der Waals surface area contributed by atoms with E-state index in [9.17, 15) is 29.1 Å². The largest absolute Gasteiger partial charge is 0.513 e. The number of allylic oxidation sites excluding steroid dienone is 2. The summed E-state index contributed by atoms with van der Waals surface area (Å²) in [6.07, 6.45) is 16.1. The molecule has 0 radical (unpaired) electrons. The summed E-state index contributed by atoms with van der Waals surface area (Å²) in [5.41, 5.74) is 0.675. The molecule has 0 heterocycles. The summed E-state index contributed by atoms with van der Waals surface area (Å²) >= 11 is 0. The molecule has 16 heteroatoms. The van der Waals surface area contributed by atoms with E-state index in [1.807, 2.05) is 0 Å². The van der Waals surface area contributed by atoms with E-state index < -0.39 is 12.0 Å². The molecule has 324 valence electrons. The quantitative estimate of drug-likeness (QED) is 0.0347. The molecule has 0 saturated heterocycles. The fourth-order valence-corrected chi connectivity index (χ4v) is 5.30. The van der Waals surface area contributed by atoms with E-state index in [0.29, 0.717) is 38.0 Å². The van der Waals surface area contributed by atoms with Crippen molar-refractivity contribution in [3.8, 4) is 0 Å². The molecule has 16 nitrogen and oxygen atoms in total. The van der Waals surface area contributed by atoms with Gasteiger partial charge in [-0.1, -0.05) is 84.3 Å². The number of ether oxygens (including phenoxy) is 4. The second-order valence-corrected chi connectivity index (χ2v) is 13.6. The van der Waals surface area contributed by atoms with Crippen LogP contribution in [0.1, 0.15) is 116 Å². The molecule has 0 rings (SSSR count). The lowest BCUT2D eigenvalue weighted by molar-refractivity contribution is -0.139. The van der Waals surface area contributed by atoms with Crippen LogP contribution in [0.3, 0.4) is 0 Å². The van der Waals surface area contributed by atoms with E-state index in [-0.39, 0.29) is 108 Å². The van der Waals surface area contributed by atoms with Gasteiger partial charge in [-0.05, 0) is 25.7 Å². The number of carbonyl (C=O) groups excluding carboxylic acids is 4. The molecule has 1 atom stereocenters. The Labute approximate surface area is 334 Å². The summed E-state index contributed by atoms with van der Waals surface area (Å²) < 4.78 is 21.3. The van der Waals surface area contributed by atoms with Crippen molar-refractivity contribution in [2.45, 2.75) is 122 Å². The first-order valence-electron chi connectivity index (χ1n) is 20.5. The molecule has 0 aromatic rings. The average Bonchev–Trinajstić information content (AvgIpc) is 3.16. The van der Waals surface area contributed by atoms with Crippen molar-refractivity contribution in [1.82, 2.24) is 26.6 Å². The highest BCUT2D eigenvalue weighted by atomic mass is 16.5. The van der Waals surface area contributed by atoms with Crippen LogP contribution in [-0.2, 0) is 42.9 Å². The molecule has 4 amide bonds. The van der Waals surface area contributed by atoms with Crippen LogP contribution < -0.4 is 26.6 Å². The monoisotopic (exact) mass is 800 g/mol. The van der Waals surface area contributed by atoms with Gasteiger partial charge in [0, 0.05) is 51.1 Å². The number of nitrogens with one attached hydrogen (secondary N) is 5. The maximum Gasteiger partial charge on any atom is 0.326 e. The predicted octanol–water partition coefficient (Wildman–Crippen LogP) is 3.80. The second kappa shape index (κ2) is 38.2. The Morgan fingerprint density at radius 1 is 0.500 bits per heavy atom. The molecule has 0 aliphatic heterocycles. The molecular weight excluding hydrogens is 726 g/mol. The number of carbonyl (C=O) groups is 5. The smallest absolute Gasteiger partial charge is 0.326 e. The van der Waals surface area contributed by atoms with E-state index >= 15 is 0 Å². The molecule has 0 saturated carbocycles. The van der Waals surface area contributed by atoms with E-state index in [4.69, 9.17) is 24.1 Å². The summed E-state index contributed by atoms with van der Waals surface area (Å²) in [7, 11) is 0. The van der Waals surface area contributed by atoms with Crippen molar-refractivity contribution in [2.75, 3.05) is 79.0 Å². The number of rotatable bonds is 41. The Morgan fingerprint density at radius 2 is 0.911 bits per heavy atom. The zero-order valence-corrected chi connectivity index (χ0v) is 34.1. The molecule has 0 fully saturated rings. The van der Waals surface area contributed by atoms with Gasteiger partial charge in [-0.2, -0.15) is 0 Å². The maximum absolute atomic E-state index is 12.2. The van der Waals surface area contributed by atoms with Gasteiger partial charge in [0.2, 0.25) is 23.6 Å². The molecule has 0 bridgehead atoms. The highest BCUT2D eigenvalue weighted by Crippen LogP contribution is 2.14. The first-order chi connectivity index (χ1) is 27.0. The SMILES string of the molecule is C=C(O)CCCCCCCCCCCCCCC(=C)N[C@@H](CCC(=O)NCCOCCOCC(=O)NCCOCCOCC(=O)NCCNC(=O)CC)C(=O)O. The minimum atomic E-state index is -1.02. The molecule has 7 N–H and O–H groups in total. The van der Waals surface area contributed by atoms with Gasteiger partial charge in [-0.15, -0.1) is 0 Å².